The molecule has 1 aliphatic heterocycles. The summed E-state index contributed by atoms with van der Waals surface area (Å²) in [6, 6.07) is 8.95. The highest BCUT2D eigenvalue weighted by molar-refractivity contribution is 5.93. The molecule has 0 spiro atoms. The Kier molecular flexibility index (Phi) is 3.23. The summed E-state index contributed by atoms with van der Waals surface area (Å²) in [6.07, 6.45) is -0.609. The summed E-state index contributed by atoms with van der Waals surface area (Å²) in [5, 5.41) is 2.71. The molecule has 0 aliphatic carbocycles. The molecule has 1 fully saturated rings. The maximum atomic E-state index is 11.8. The van der Waals surface area contributed by atoms with Crippen LogP contribution in [0.4, 0.5) is 9.59 Å². The first-order valence-electron chi connectivity index (χ1n) is 5.78. The molecule has 5 heteroatoms. The number of hydrogen-bond acceptors (Lipinski definition) is 3. The van der Waals surface area contributed by atoms with Gasteiger partial charge in [-0.3, -0.25) is 0 Å². The van der Waals surface area contributed by atoms with Crippen LogP contribution in [0.2, 0.25) is 0 Å². The quantitative estimate of drug-likeness (QED) is 0.872. The molecule has 0 unspecified atom stereocenters. The highest BCUT2D eigenvalue weighted by Crippen LogP contribution is 2.15. The predicted octanol–water partition coefficient (Wildman–Crippen LogP) is 2.13. The second-order valence-corrected chi connectivity index (χ2v) is 4.94. The second-order valence-electron chi connectivity index (χ2n) is 4.94. The summed E-state index contributed by atoms with van der Waals surface area (Å²) < 4.78 is 5.10. The Hall–Kier alpha value is -2.04. The summed E-state index contributed by atoms with van der Waals surface area (Å²) in [4.78, 5) is 24.4. The highest BCUT2D eigenvalue weighted by Gasteiger charge is 2.39. The third-order valence-corrected chi connectivity index (χ3v) is 2.67. The van der Waals surface area contributed by atoms with Crippen LogP contribution in [0, 0.1) is 0 Å². The van der Waals surface area contributed by atoms with Crippen molar-refractivity contribution < 1.29 is 14.3 Å². The Morgan fingerprint density at radius 2 is 2.06 bits per heavy atom. The summed E-state index contributed by atoms with van der Waals surface area (Å²) in [5.41, 5.74) is 0.493. The predicted molar refractivity (Wildman–Crippen MR) is 65.9 cm³/mol. The molecule has 1 heterocycles. The highest BCUT2D eigenvalue weighted by atomic mass is 16.6. The van der Waals surface area contributed by atoms with Gasteiger partial charge in [-0.15, -0.1) is 0 Å². The van der Waals surface area contributed by atoms with Crippen molar-refractivity contribution in [2.24, 2.45) is 0 Å². The van der Waals surface area contributed by atoms with Crippen molar-refractivity contribution in [1.29, 1.82) is 0 Å². The van der Waals surface area contributed by atoms with E-state index in [-0.39, 0.29) is 6.61 Å². The van der Waals surface area contributed by atoms with Gasteiger partial charge in [0.25, 0.3) is 0 Å². The molecule has 1 aromatic carbocycles. The third-order valence-electron chi connectivity index (χ3n) is 2.67. The minimum atomic E-state index is -0.609. The zero-order valence-corrected chi connectivity index (χ0v) is 10.5. The maximum absolute atomic E-state index is 11.8. The molecular weight excluding hydrogens is 232 g/mol. The Bertz CT molecular complexity index is 457. The number of carbonyl (C=O) groups is 2. The minimum absolute atomic E-state index is 0.171. The number of carbonyl (C=O) groups excluding carboxylic acids is 2. The molecule has 96 valence electrons. The smallest absolute Gasteiger partial charge is 0.418 e. The van der Waals surface area contributed by atoms with Gasteiger partial charge < -0.3 is 10.1 Å². The first-order valence-corrected chi connectivity index (χ1v) is 5.78. The number of ether oxygens (including phenoxy) is 1. The topological polar surface area (TPSA) is 58.6 Å². The van der Waals surface area contributed by atoms with Gasteiger partial charge in [0, 0.05) is 0 Å². The normalized spacial score (nSPS) is 17.4. The Balaban J connectivity index is 1.91. The fourth-order valence-electron chi connectivity index (χ4n) is 1.81. The molecule has 0 saturated carbocycles. The second kappa shape index (κ2) is 4.68. The van der Waals surface area contributed by atoms with Gasteiger partial charge in [-0.1, -0.05) is 30.3 Å². The van der Waals surface area contributed by atoms with Crippen molar-refractivity contribution in [3.8, 4) is 0 Å². The van der Waals surface area contributed by atoms with Crippen molar-refractivity contribution in [3.63, 3.8) is 0 Å². The number of hydrogen-bond donors (Lipinski definition) is 1. The first-order chi connectivity index (χ1) is 8.48. The van der Waals surface area contributed by atoms with Crippen LogP contribution in [0.15, 0.2) is 30.3 Å². The van der Waals surface area contributed by atoms with Gasteiger partial charge in [-0.25, -0.2) is 14.5 Å². The van der Waals surface area contributed by atoms with Crippen LogP contribution >= 0.6 is 0 Å². The van der Waals surface area contributed by atoms with Crippen LogP contribution in [-0.4, -0.2) is 29.1 Å². The fraction of sp³-hybridized carbons (Fsp3) is 0.385. The molecular formula is C13H16N2O3. The van der Waals surface area contributed by atoms with E-state index in [2.05, 4.69) is 5.32 Å². The summed E-state index contributed by atoms with van der Waals surface area (Å²) in [7, 11) is 0. The number of urea groups is 1. The van der Waals surface area contributed by atoms with Gasteiger partial charge in [0.2, 0.25) is 0 Å². The lowest BCUT2D eigenvalue weighted by Crippen LogP contribution is -2.36. The van der Waals surface area contributed by atoms with Crippen molar-refractivity contribution in [2.45, 2.75) is 26.0 Å². The summed E-state index contributed by atoms with van der Waals surface area (Å²) in [6.45, 7) is 4.20. The van der Waals surface area contributed by atoms with Crippen molar-refractivity contribution in [2.75, 3.05) is 6.54 Å². The molecule has 1 aliphatic rings. The number of imide groups is 1. The molecule has 0 radical (unpaired) electrons. The largest absolute Gasteiger partial charge is 0.444 e. The van der Waals surface area contributed by atoms with Gasteiger partial charge in [0.15, 0.2) is 0 Å². The zero-order chi connectivity index (χ0) is 13.2. The number of nitrogens with one attached hydrogen (secondary N) is 1. The number of nitrogens with zero attached hydrogens (tertiary/aromatic N) is 1. The number of amides is 3. The van der Waals surface area contributed by atoms with Gasteiger partial charge >= 0.3 is 12.1 Å². The molecule has 0 aromatic heterocycles. The minimum Gasteiger partial charge on any atom is -0.444 e. The summed E-state index contributed by atoms with van der Waals surface area (Å²) >= 11 is 0. The first kappa shape index (κ1) is 12.4. The molecule has 1 saturated heterocycles. The summed E-state index contributed by atoms with van der Waals surface area (Å²) in [5.74, 6) is 0. The van der Waals surface area contributed by atoms with Gasteiger partial charge in [0.05, 0.1) is 12.1 Å². The lowest BCUT2D eigenvalue weighted by atomic mass is 10.1. The SMILES string of the molecule is CC1(C)CN(C(=O)OCc2ccccc2)C(=O)N1. The van der Waals surface area contributed by atoms with E-state index in [0.717, 1.165) is 10.5 Å². The third kappa shape index (κ3) is 2.80. The van der Waals surface area contributed by atoms with Crippen molar-refractivity contribution >= 4 is 12.1 Å². The molecule has 0 bridgehead atoms. The maximum Gasteiger partial charge on any atom is 0.418 e. The molecule has 2 rings (SSSR count). The lowest BCUT2D eigenvalue weighted by molar-refractivity contribution is 0.109. The lowest BCUT2D eigenvalue weighted by Gasteiger charge is -2.16. The Morgan fingerprint density at radius 1 is 1.39 bits per heavy atom. The van der Waals surface area contributed by atoms with E-state index in [9.17, 15) is 9.59 Å². The molecule has 1 aromatic rings. The van der Waals surface area contributed by atoms with Crippen LogP contribution in [0.1, 0.15) is 19.4 Å². The molecule has 3 amide bonds. The average molecular weight is 248 g/mol. The van der Waals surface area contributed by atoms with Crippen LogP contribution < -0.4 is 5.32 Å². The number of benzene rings is 1. The molecule has 18 heavy (non-hydrogen) atoms. The average Bonchev–Trinajstić information content (AvgIpc) is 2.61. The molecule has 1 N–H and O–H groups in total. The number of rotatable bonds is 2. The van der Waals surface area contributed by atoms with E-state index < -0.39 is 17.7 Å². The fourth-order valence-corrected chi connectivity index (χ4v) is 1.81. The van der Waals surface area contributed by atoms with E-state index in [1.54, 1.807) is 0 Å². The van der Waals surface area contributed by atoms with Crippen LogP contribution in [-0.2, 0) is 11.3 Å². The van der Waals surface area contributed by atoms with Gasteiger partial charge in [-0.05, 0) is 19.4 Å². The van der Waals surface area contributed by atoms with Crippen LogP contribution in [0.5, 0.6) is 0 Å². The van der Waals surface area contributed by atoms with E-state index in [0.29, 0.717) is 6.54 Å². The van der Waals surface area contributed by atoms with E-state index >= 15 is 0 Å². The van der Waals surface area contributed by atoms with Gasteiger partial charge in [0.1, 0.15) is 6.61 Å². The van der Waals surface area contributed by atoms with E-state index in [4.69, 9.17) is 4.74 Å². The van der Waals surface area contributed by atoms with Crippen LogP contribution in [0.25, 0.3) is 0 Å². The van der Waals surface area contributed by atoms with E-state index in [1.807, 2.05) is 44.2 Å². The molecule has 0 atom stereocenters. The Morgan fingerprint density at radius 3 is 2.61 bits per heavy atom. The Labute approximate surface area is 106 Å². The standard InChI is InChI=1S/C13H16N2O3/c1-13(2)9-15(11(16)14-13)12(17)18-8-10-6-4-3-5-7-10/h3-7H,8-9H2,1-2H3,(H,14,16). The molecule has 5 nitrogen and oxygen atoms in total. The monoisotopic (exact) mass is 248 g/mol. The van der Waals surface area contributed by atoms with Gasteiger partial charge in [-0.2, -0.15) is 0 Å². The van der Waals surface area contributed by atoms with Crippen LogP contribution in [0.3, 0.4) is 0 Å². The van der Waals surface area contributed by atoms with E-state index in [1.165, 1.54) is 0 Å². The van der Waals surface area contributed by atoms with Crippen molar-refractivity contribution in [1.82, 2.24) is 10.2 Å². The zero-order valence-electron chi connectivity index (χ0n) is 10.5. The van der Waals surface area contributed by atoms with Crippen molar-refractivity contribution in [3.05, 3.63) is 35.9 Å².